The van der Waals surface area contributed by atoms with Crippen LogP contribution >= 0.6 is 0 Å². The first-order valence-electron chi connectivity index (χ1n) is 4.82. The Morgan fingerprint density at radius 1 is 1.06 bits per heavy atom. The molecule has 0 saturated carbocycles. The molecule has 0 spiro atoms. The van der Waals surface area contributed by atoms with Crippen LogP contribution in [0.5, 0.6) is 0 Å². The van der Waals surface area contributed by atoms with Gasteiger partial charge in [-0.15, -0.1) is 0 Å². The van der Waals surface area contributed by atoms with Crippen molar-refractivity contribution in [3.63, 3.8) is 0 Å². The van der Waals surface area contributed by atoms with Crippen molar-refractivity contribution in [1.29, 1.82) is 0 Å². The van der Waals surface area contributed by atoms with Crippen molar-refractivity contribution in [2.75, 3.05) is 10.6 Å². The van der Waals surface area contributed by atoms with E-state index in [0.29, 0.717) is 5.69 Å². The maximum absolute atomic E-state index is 10.9. The Bertz CT molecular complexity index is 488. The molecule has 0 aliphatic carbocycles. The number of carboxylic acids is 1. The summed E-state index contributed by atoms with van der Waals surface area (Å²) in [6.07, 6.45) is 0. The average Bonchev–Trinajstić information content (AvgIpc) is 2.15. The van der Waals surface area contributed by atoms with Gasteiger partial charge in [-0.1, -0.05) is 0 Å². The Morgan fingerprint density at radius 3 is 2.06 bits per heavy atom. The number of hydrogen-bond acceptors (Lipinski definition) is 3. The van der Waals surface area contributed by atoms with E-state index in [0.717, 1.165) is 0 Å². The standard InChI is InChI=1S/C11H12N2O4.Pb.2H/c1-6(14)12-8-3-4-9(11(16)17)10(5-8)13-7(2)15;;;/h3-5H,1-2H3,(H,12,14)(H,13,15)(H,16,17);;;. The molecule has 3 N–H and O–H groups in total. The molecule has 2 radical (unpaired) electrons. The van der Waals surface area contributed by atoms with Crippen LogP contribution in [0, 0.1) is 0 Å². The normalized spacial score (nSPS) is 9.00. The molecule has 18 heavy (non-hydrogen) atoms. The van der Waals surface area contributed by atoms with Gasteiger partial charge < -0.3 is 15.7 Å². The molecular formula is C11H14N2O4Pb. The van der Waals surface area contributed by atoms with Gasteiger partial charge in [0.05, 0.1) is 11.3 Å². The van der Waals surface area contributed by atoms with Crippen molar-refractivity contribution in [2.24, 2.45) is 0 Å². The van der Waals surface area contributed by atoms with Crippen molar-refractivity contribution in [1.82, 2.24) is 0 Å². The van der Waals surface area contributed by atoms with E-state index in [4.69, 9.17) is 5.11 Å². The second kappa shape index (κ2) is 7.09. The number of carbonyl (C=O) groups is 3. The van der Waals surface area contributed by atoms with E-state index in [1.807, 2.05) is 0 Å². The Hall–Kier alpha value is -1.45. The van der Waals surface area contributed by atoms with Gasteiger partial charge >= 0.3 is 33.3 Å². The predicted octanol–water partition coefficient (Wildman–Crippen LogP) is 0.385. The summed E-state index contributed by atoms with van der Waals surface area (Å²) in [5, 5.41) is 13.8. The molecule has 0 aromatic heterocycles. The van der Waals surface area contributed by atoms with Gasteiger partial charge in [0.25, 0.3) is 0 Å². The van der Waals surface area contributed by atoms with E-state index in [-0.39, 0.29) is 50.4 Å². The summed E-state index contributed by atoms with van der Waals surface area (Å²) < 4.78 is 0. The topological polar surface area (TPSA) is 95.5 Å². The molecule has 0 bridgehead atoms. The second-order valence-corrected chi connectivity index (χ2v) is 3.43. The zero-order valence-electron chi connectivity index (χ0n) is 10.1. The molecule has 1 aromatic rings. The van der Waals surface area contributed by atoms with Gasteiger partial charge in [0.2, 0.25) is 11.8 Å². The first-order valence-corrected chi connectivity index (χ1v) is 4.82. The predicted molar refractivity (Wildman–Crippen MR) is 70.6 cm³/mol. The number of hydrogen-bond donors (Lipinski definition) is 3. The molecule has 1 aromatic carbocycles. The zero-order chi connectivity index (χ0) is 13.0. The van der Waals surface area contributed by atoms with Gasteiger partial charge in [-0.25, -0.2) is 4.79 Å². The van der Waals surface area contributed by atoms with Gasteiger partial charge in [-0.3, -0.25) is 9.59 Å². The molecule has 1 rings (SSSR count). The van der Waals surface area contributed by atoms with Crippen molar-refractivity contribution in [3.8, 4) is 0 Å². The van der Waals surface area contributed by atoms with Crippen LogP contribution in [0.1, 0.15) is 24.2 Å². The molecule has 0 unspecified atom stereocenters. The Kier molecular flexibility index (Phi) is 6.52. The van der Waals surface area contributed by atoms with Crippen LogP contribution in [0.3, 0.4) is 0 Å². The number of aromatic carboxylic acids is 1. The quantitative estimate of drug-likeness (QED) is 0.587. The van der Waals surface area contributed by atoms with Crippen molar-refractivity contribution in [2.45, 2.75) is 13.8 Å². The van der Waals surface area contributed by atoms with Crippen LogP contribution < -0.4 is 10.6 Å². The number of amides is 2. The van der Waals surface area contributed by atoms with E-state index >= 15 is 0 Å². The van der Waals surface area contributed by atoms with E-state index in [1.165, 1.54) is 32.0 Å². The zero-order valence-corrected chi connectivity index (χ0v) is 15.6. The summed E-state index contributed by atoms with van der Waals surface area (Å²) >= 11 is 0. The molecule has 0 atom stereocenters. The average molecular weight is 445 g/mol. The molecule has 2 amide bonds. The molecule has 6 nitrogen and oxygen atoms in total. The molecule has 0 saturated heterocycles. The van der Waals surface area contributed by atoms with Crippen LogP contribution in [-0.2, 0) is 9.59 Å². The van der Waals surface area contributed by atoms with E-state index in [1.54, 1.807) is 0 Å². The van der Waals surface area contributed by atoms with Crippen LogP contribution in [0.15, 0.2) is 18.2 Å². The third-order valence-corrected chi connectivity index (χ3v) is 1.88. The third kappa shape index (κ3) is 4.82. The fourth-order valence-electron chi connectivity index (χ4n) is 1.30. The van der Waals surface area contributed by atoms with Crippen molar-refractivity contribution in [3.05, 3.63) is 23.8 Å². The Morgan fingerprint density at radius 2 is 1.61 bits per heavy atom. The molecule has 0 aliphatic heterocycles. The number of carboxylic acid groups (broad SMARTS) is 1. The first kappa shape index (κ1) is 16.6. The van der Waals surface area contributed by atoms with Crippen LogP contribution in [0.25, 0.3) is 0 Å². The number of carbonyl (C=O) groups excluding carboxylic acids is 2. The minimum atomic E-state index is -1.15. The summed E-state index contributed by atoms with van der Waals surface area (Å²) in [7, 11) is 0. The molecule has 0 heterocycles. The monoisotopic (exact) mass is 446 g/mol. The summed E-state index contributed by atoms with van der Waals surface area (Å²) in [4.78, 5) is 32.7. The number of benzene rings is 1. The SMILES string of the molecule is CC(=O)Nc1ccc(C(=O)O)c(NC(C)=O)c1.[PbH2]. The van der Waals surface area contributed by atoms with E-state index in [2.05, 4.69) is 10.6 Å². The van der Waals surface area contributed by atoms with Crippen molar-refractivity contribution >= 4 is 56.5 Å². The van der Waals surface area contributed by atoms with Crippen molar-refractivity contribution < 1.29 is 19.5 Å². The molecule has 0 fully saturated rings. The van der Waals surface area contributed by atoms with Crippen LogP contribution in [0.4, 0.5) is 11.4 Å². The molecule has 7 heteroatoms. The molecule has 96 valence electrons. The summed E-state index contributed by atoms with van der Waals surface area (Å²) in [5.74, 6) is -1.81. The van der Waals surface area contributed by atoms with Gasteiger partial charge in [0.1, 0.15) is 0 Å². The molecule has 0 aliphatic rings. The summed E-state index contributed by atoms with van der Waals surface area (Å²) in [6.45, 7) is 2.61. The fraction of sp³-hybridized carbons (Fsp3) is 0.182. The first-order chi connectivity index (χ1) is 7.90. The second-order valence-electron chi connectivity index (χ2n) is 3.43. The van der Waals surface area contributed by atoms with Gasteiger partial charge in [-0.2, -0.15) is 0 Å². The summed E-state index contributed by atoms with van der Waals surface area (Å²) in [6, 6.07) is 4.17. The van der Waals surface area contributed by atoms with Gasteiger partial charge in [0.15, 0.2) is 0 Å². The van der Waals surface area contributed by atoms with Gasteiger partial charge in [-0.05, 0) is 18.2 Å². The van der Waals surface area contributed by atoms with Crippen LogP contribution in [0.2, 0.25) is 0 Å². The van der Waals surface area contributed by atoms with E-state index < -0.39 is 5.97 Å². The minimum absolute atomic E-state index is 0. The number of rotatable bonds is 3. The van der Waals surface area contributed by atoms with E-state index in [9.17, 15) is 14.4 Å². The number of anilines is 2. The Labute approximate surface area is 124 Å². The fourth-order valence-corrected chi connectivity index (χ4v) is 1.30. The third-order valence-electron chi connectivity index (χ3n) is 1.88. The maximum atomic E-state index is 10.9. The molecular weight excluding hydrogens is 431 g/mol. The van der Waals surface area contributed by atoms with Crippen LogP contribution in [-0.4, -0.2) is 50.2 Å². The number of nitrogens with one attached hydrogen (secondary N) is 2. The van der Waals surface area contributed by atoms with Gasteiger partial charge in [0, 0.05) is 19.5 Å². The Balaban J connectivity index is 0.00000289. The summed E-state index contributed by atoms with van der Waals surface area (Å²) in [5.41, 5.74) is 0.539.